The number of amides is 1. The van der Waals surface area contributed by atoms with Crippen molar-refractivity contribution in [1.82, 2.24) is 0 Å². The number of benzene rings is 3. The molecule has 0 heterocycles. The molecule has 0 saturated carbocycles. The third kappa shape index (κ3) is 6.31. The summed E-state index contributed by atoms with van der Waals surface area (Å²) in [6, 6.07) is 18.7. The molecule has 7 heteroatoms. The molecule has 184 valence electrons. The summed E-state index contributed by atoms with van der Waals surface area (Å²) < 4.78 is 39.2. The summed E-state index contributed by atoms with van der Waals surface area (Å²) >= 11 is 0. The molecule has 0 aliphatic carbocycles. The van der Waals surface area contributed by atoms with E-state index in [-0.39, 0.29) is 10.6 Å². The Labute approximate surface area is 207 Å². The van der Waals surface area contributed by atoms with Crippen molar-refractivity contribution in [2.45, 2.75) is 39.0 Å². The summed E-state index contributed by atoms with van der Waals surface area (Å²) in [6.45, 7) is 8.60. The lowest BCUT2D eigenvalue weighted by Gasteiger charge is -2.22. The SMILES string of the molecule is CCOc1ccc(/C=C/C(=O)N(c2ccc(CC)cc2)S(=O)(=O)c2ccc(C)cc2)cc1OCC. The number of carbonyl (C=O) groups excluding carboxylic acids is 1. The molecule has 1 amide bonds. The molecule has 0 radical (unpaired) electrons. The second-order valence-electron chi connectivity index (χ2n) is 7.85. The highest BCUT2D eigenvalue weighted by molar-refractivity contribution is 7.93. The molecule has 0 bridgehead atoms. The molecule has 0 aliphatic rings. The predicted octanol–water partition coefficient (Wildman–Crippen LogP) is 5.79. The van der Waals surface area contributed by atoms with Gasteiger partial charge in [0, 0.05) is 6.08 Å². The van der Waals surface area contributed by atoms with Gasteiger partial charge in [-0.1, -0.05) is 42.8 Å². The fraction of sp³-hybridized carbons (Fsp3) is 0.250. The van der Waals surface area contributed by atoms with Crippen LogP contribution < -0.4 is 13.8 Å². The van der Waals surface area contributed by atoms with Crippen LogP contribution in [0.25, 0.3) is 6.08 Å². The van der Waals surface area contributed by atoms with Gasteiger partial charge in [0.25, 0.3) is 15.9 Å². The molecule has 0 unspecified atom stereocenters. The minimum atomic E-state index is -4.14. The maximum absolute atomic E-state index is 13.5. The zero-order valence-electron chi connectivity index (χ0n) is 20.5. The number of aryl methyl sites for hydroxylation is 2. The van der Waals surface area contributed by atoms with Crippen LogP contribution in [0.4, 0.5) is 5.69 Å². The average Bonchev–Trinajstić information content (AvgIpc) is 2.85. The first-order valence-corrected chi connectivity index (χ1v) is 13.1. The Morgan fingerprint density at radius 2 is 1.49 bits per heavy atom. The Balaban J connectivity index is 2.00. The fourth-order valence-electron chi connectivity index (χ4n) is 3.47. The Morgan fingerprint density at radius 1 is 0.857 bits per heavy atom. The molecule has 3 rings (SSSR count). The first kappa shape index (κ1) is 26.0. The summed E-state index contributed by atoms with van der Waals surface area (Å²) in [4.78, 5) is 13.4. The van der Waals surface area contributed by atoms with E-state index in [9.17, 15) is 13.2 Å². The van der Waals surface area contributed by atoms with Gasteiger partial charge in [-0.2, -0.15) is 4.31 Å². The normalized spacial score (nSPS) is 11.4. The lowest BCUT2D eigenvalue weighted by atomic mass is 10.1. The molecule has 0 atom stereocenters. The van der Waals surface area contributed by atoms with Crippen molar-refractivity contribution in [2.75, 3.05) is 17.5 Å². The van der Waals surface area contributed by atoms with Crippen LogP contribution in [0, 0.1) is 6.92 Å². The highest BCUT2D eigenvalue weighted by Crippen LogP contribution is 2.30. The monoisotopic (exact) mass is 493 g/mol. The molecular weight excluding hydrogens is 462 g/mol. The van der Waals surface area contributed by atoms with Gasteiger partial charge >= 0.3 is 0 Å². The quantitative estimate of drug-likeness (QED) is 0.334. The topological polar surface area (TPSA) is 72.9 Å². The van der Waals surface area contributed by atoms with E-state index in [2.05, 4.69) is 0 Å². The van der Waals surface area contributed by atoms with E-state index in [4.69, 9.17) is 9.47 Å². The van der Waals surface area contributed by atoms with Gasteiger partial charge < -0.3 is 9.47 Å². The Bertz CT molecular complexity index is 1280. The van der Waals surface area contributed by atoms with E-state index in [0.717, 1.165) is 21.9 Å². The third-order valence-electron chi connectivity index (χ3n) is 5.32. The number of hydrogen-bond acceptors (Lipinski definition) is 5. The van der Waals surface area contributed by atoms with Gasteiger partial charge in [0.2, 0.25) is 0 Å². The Morgan fingerprint density at radius 3 is 2.09 bits per heavy atom. The summed E-state index contributed by atoms with van der Waals surface area (Å²) in [6.07, 6.45) is 3.63. The van der Waals surface area contributed by atoms with Crippen molar-refractivity contribution in [1.29, 1.82) is 0 Å². The zero-order chi connectivity index (χ0) is 25.4. The first-order valence-electron chi connectivity index (χ1n) is 11.6. The van der Waals surface area contributed by atoms with Crippen LogP contribution in [-0.4, -0.2) is 27.5 Å². The summed E-state index contributed by atoms with van der Waals surface area (Å²) in [5.74, 6) is 0.488. The molecule has 6 nitrogen and oxygen atoms in total. The van der Waals surface area contributed by atoms with Crippen LogP contribution in [0.15, 0.2) is 77.7 Å². The van der Waals surface area contributed by atoms with Gasteiger partial charge in [-0.3, -0.25) is 4.79 Å². The smallest absolute Gasteiger partial charge is 0.271 e. The van der Waals surface area contributed by atoms with Gasteiger partial charge in [0.05, 0.1) is 23.8 Å². The van der Waals surface area contributed by atoms with Crippen LogP contribution >= 0.6 is 0 Å². The van der Waals surface area contributed by atoms with Gasteiger partial charge in [0.15, 0.2) is 11.5 Å². The standard InChI is InChI=1S/C28H31NO5S/c1-5-22-10-14-24(15-11-22)29(35(31,32)25-16-8-21(4)9-17-25)28(30)19-13-23-12-18-26(33-6-2)27(20-23)34-7-3/h8-20H,5-7H2,1-4H3/b19-13+. The van der Waals surface area contributed by atoms with Crippen LogP contribution in [0.5, 0.6) is 11.5 Å². The maximum atomic E-state index is 13.5. The first-order chi connectivity index (χ1) is 16.8. The largest absolute Gasteiger partial charge is 0.490 e. The predicted molar refractivity (Wildman–Crippen MR) is 139 cm³/mol. The Hall–Kier alpha value is -3.58. The minimum Gasteiger partial charge on any atom is -0.490 e. The van der Waals surface area contributed by atoms with Crippen molar-refractivity contribution >= 4 is 27.7 Å². The van der Waals surface area contributed by atoms with E-state index < -0.39 is 15.9 Å². The molecule has 0 N–H and O–H groups in total. The summed E-state index contributed by atoms with van der Waals surface area (Å²) in [5.41, 5.74) is 2.93. The number of nitrogens with zero attached hydrogens (tertiary/aromatic N) is 1. The van der Waals surface area contributed by atoms with Crippen LogP contribution in [0.2, 0.25) is 0 Å². The third-order valence-corrected chi connectivity index (χ3v) is 7.06. The Kier molecular flexibility index (Phi) is 8.71. The lowest BCUT2D eigenvalue weighted by molar-refractivity contribution is -0.113. The van der Waals surface area contributed by atoms with E-state index in [1.54, 1.807) is 48.5 Å². The molecule has 0 spiro atoms. The molecule has 0 aliphatic heterocycles. The molecule has 0 saturated heterocycles. The second-order valence-corrected chi connectivity index (χ2v) is 9.63. The van der Waals surface area contributed by atoms with Gasteiger partial charge in [0.1, 0.15) is 0 Å². The summed E-state index contributed by atoms with van der Waals surface area (Å²) in [5, 5.41) is 0. The van der Waals surface area contributed by atoms with Crippen molar-refractivity contribution in [3.63, 3.8) is 0 Å². The molecule has 0 fully saturated rings. The van der Waals surface area contributed by atoms with E-state index >= 15 is 0 Å². The van der Waals surface area contributed by atoms with Crippen LogP contribution in [0.3, 0.4) is 0 Å². The maximum Gasteiger partial charge on any atom is 0.271 e. The minimum absolute atomic E-state index is 0.0455. The highest BCUT2D eigenvalue weighted by atomic mass is 32.2. The second kappa shape index (κ2) is 11.7. The lowest BCUT2D eigenvalue weighted by Crippen LogP contribution is -2.35. The van der Waals surface area contributed by atoms with Gasteiger partial charge in [-0.05, 0) is 80.8 Å². The van der Waals surface area contributed by atoms with Gasteiger partial charge in [-0.15, -0.1) is 0 Å². The zero-order valence-corrected chi connectivity index (χ0v) is 21.3. The number of carbonyl (C=O) groups is 1. The molecular formula is C28H31NO5S. The highest BCUT2D eigenvalue weighted by Gasteiger charge is 2.29. The summed E-state index contributed by atoms with van der Waals surface area (Å²) in [7, 11) is -4.14. The fourth-order valence-corrected chi connectivity index (χ4v) is 4.86. The average molecular weight is 494 g/mol. The van der Waals surface area contributed by atoms with Crippen molar-refractivity contribution in [3.8, 4) is 11.5 Å². The molecule has 35 heavy (non-hydrogen) atoms. The van der Waals surface area contributed by atoms with Crippen molar-refractivity contribution < 1.29 is 22.7 Å². The van der Waals surface area contributed by atoms with Crippen molar-refractivity contribution in [2.24, 2.45) is 0 Å². The molecule has 0 aromatic heterocycles. The van der Waals surface area contributed by atoms with Gasteiger partial charge in [-0.25, -0.2) is 8.42 Å². The van der Waals surface area contributed by atoms with E-state index in [0.29, 0.717) is 30.3 Å². The van der Waals surface area contributed by atoms with E-state index in [1.165, 1.54) is 18.2 Å². The molecule has 3 aromatic rings. The van der Waals surface area contributed by atoms with Crippen molar-refractivity contribution in [3.05, 3.63) is 89.5 Å². The number of rotatable bonds is 10. The van der Waals surface area contributed by atoms with E-state index in [1.807, 2.05) is 39.8 Å². The number of anilines is 1. The number of ether oxygens (including phenoxy) is 2. The number of sulfonamides is 1. The van der Waals surface area contributed by atoms with Crippen LogP contribution in [-0.2, 0) is 21.2 Å². The van der Waals surface area contributed by atoms with Crippen LogP contribution in [0.1, 0.15) is 37.5 Å². The molecule has 3 aromatic carbocycles. The number of hydrogen-bond donors (Lipinski definition) is 0.